The number of hydrogen-bond acceptors (Lipinski definition) is 8. The summed E-state index contributed by atoms with van der Waals surface area (Å²) in [5.74, 6) is -184. The zero-order valence-electron chi connectivity index (χ0n) is 40.5. The van der Waals surface area contributed by atoms with Gasteiger partial charge in [-0.05, 0) is 0 Å². The van der Waals surface area contributed by atoms with Gasteiger partial charge < -0.3 is 19.7 Å². The first-order valence-electron chi connectivity index (χ1n) is 20.7. The monoisotopic (exact) mass is 1520 g/mol. The molecule has 556 valence electrons. The summed E-state index contributed by atoms with van der Waals surface area (Å²) in [5.41, 5.74) is -8.39. The van der Waals surface area contributed by atoms with Gasteiger partial charge in [0, 0.05) is 0 Å². The average Bonchev–Trinajstić information content (AvgIpc) is 0.676. The maximum Gasteiger partial charge on any atom is 0.407 e. The third-order valence-corrected chi connectivity index (χ3v) is 12.0. The van der Waals surface area contributed by atoms with Crippen molar-refractivity contribution < 1.29 is 267 Å². The fraction of sp³-hybridized carbons (Fsp3) is 1.00. The Kier molecular flexibility index (Phi) is 20.2. The Balaban J connectivity index is 2.60. The van der Waals surface area contributed by atoms with Gasteiger partial charge in [-0.1, -0.05) is 0 Å². The average molecular weight is 1520 g/mol. The first-order chi connectivity index (χ1) is 39.7. The summed E-state index contributed by atoms with van der Waals surface area (Å²) >= 11 is 0. The van der Waals surface area contributed by atoms with Crippen LogP contribution in [0.2, 0.25) is 0 Å². The van der Waals surface area contributed by atoms with Gasteiger partial charge in [-0.3, -0.25) is 18.9 Å². The van der Waals surface area contributed by atoms with E-state index in [1.807, 2.05) is 9.47 Å². The molecule has 93 heavy (non-hydrogen) atoms. The first kappa shape index (κ1) is 85.1. The highest BCUT2D eigenvalue weighted by Gasteiger charge is 3.02. The second-order valence-corrected chi connectivity index (χ2v) is 18.0. The van der Waals surface area contributed by atoms with Gasteiger partial charge in [-0.25, -0.2) is 0 Å². The van der Waals surface area contributed by atoms with Gasteiger partial charge in [-0.15, -0.1) is 0 Å². The van der Waals surface area contributed by atoms with E-state index in [1.165, 1.54) is 0 Å². The van der Waals surface area contributed by atoms with Crippen LogP contribution >= 0.6 is 0 Å². The lowest BCUT2D eigenvalue weighted by Crippen LogP contribution is -2.82. The molecule has 2 N–H and O–H groups in total. The van der Waals surface area contributed by atoms with Crippen molar-refractivity contribution in [3.63, 3.8) is 0 Å². The third-order valence-electron chi connectivity index (χ3n) is 12.0. The van der Waals surface area contributed by atoms with E-state index < -0.39 is 200 Å². The zero-order chi connectivity index (χ0) is 75.7. The molecule has 0 radical (unpaired) electrons. The lowest BCUT2D eigenvalue weighted by atomic mass is 9.79. The van der Waals surface area contributed by atoms with Crippen LogP contribution in [0.3, 0.4) is 0 Å². The van der Waals surface area contributed by atoms with Crippen molar-refractivity contribution in [3.05, 3.63) is 0 Å². The molecule has 2 heterocycles. The fourth-order valence-corrected chi connectivity index (χ4v) is 6.40. The number of ether oxygens (including phenoxy) is 6. The van der Waals surface area contributed by atoms with Gasteiger partial charge in [0.25, 0.3) is 12.6 Å². The molecule has 0 aromatic rings. The Morgan fingerprint density at radius 3 is 0.495 bits per heavy atom. The van der Waals surface area contributed by atoms with E-state index in [9.17, 15) is 193 Å². The van der Waals surface area contributed by atoms with E-state index >= 15 is 35.1 Å². The summed E-state index contributed by atoms with van der Waals surface area (Å²) in [6.07, 6.45) is -61.5. The van der Waals surface area contributed by atoms with E-state index in [2.05, 4.69) is 18.9 Å². The summed E-state index contributed by atoms with van der Waals surface area (Å²) in [6, 6.07) is 0. The minimum absolute atomic E-state index is 1.96. The van der Waals surface area contributed by atoms with Crippen LogP contribution in [0.1, 0.15) is 0 Å². The third kappa shape index (κ3) is 10.8. The minimum Gasteiger partial charge on any atom is -0.390 e. The number of hydrogen-bond donors (Lipinski definition) is 2. The smallest absolute Gasteiger partial charge is 0.390 e. The van der Waals surface area contributed by atoms with Crippen LogP contribution in [0, 0.1) is 5.41 Å². The summed E-state index contributed by atoms with van der Waals surface area (Å²) in [6.45, 7) is -18.5. The Labute approximate surface area is 467 Å². The molecule has 0 aromatic carbocycles. The van der Waals surface area contributed by atoms with Gasteiger partial charge >= 0.3 is 161 Å². The largest absolute Gasteiger partial charge is 0.407 e. The van der Waals surface area contributed by atoms with Crippen LogP contribution in [0.4, 0.5) is 228 Å². The van der Waals surface area contributed by atoms with Gasteiger partial charge in [0.05, 0.1) is 0 Å². The number of aliphatic hydroxyl groups excluding tert-OH is 2. The normalized spacial score (nSPS) is 23.4. The molecule has 2 rings (SSSR count). The van der Waals surface area contributed by atoms with E-state index in [4.69, 9.17) is 10.2 Å². The van der Waals surface area contributed by atoms with Gasteiger partial charge in [-0.2, -0.15) is 228 Å². The molecule has 60 heteroatoms. The maximum absolute atomic E-state index is 15.1. The first-order valence-corrected chi connectivity index (χ1v) is 20.7. The molecule has 8 nitrogen and oxygen atoms in total. The molecule has 0 unspecified atom stereocenters. The van der Waals surface area contributed by atoms with Crippen molar-refractivity contribution in [2.24, 2.45) is 5.41 Å². The molecule has 0 aromatic heterocycles. The molecule has 0 aliphatic carbocycles. The molecule has 2 saturated heterocycles. The van der Waals surface area contributed by atoms with Gasteiger partial charge in [0.1, 0.15) is 26.4 Å². The SMILES string of the molecule is OCC(F)(F)C(F)(F)C(F)(F)C(F)(F)C(F)(F)C(F)(F)C(F)(F)C(F)(F)C(F)(F)C(F)(F)COC(F)(F)C1OC(F)(F)C2(C(F)(F)O1)C(F)(F)OC(C(F)(F)OCC(F)(F)C(F)(F)C(F)(F)C(F)(F)C(F)(F)C(F)(F)C(F)(F)C(F)(F)C(F)(F)C(F)(F)CO)OC2(F)F. The molecular weight excluding hydrogens is 1510 g/mol. The molecule has 2 fully saturated rings. The van der Waals surface area contributed by atoms with Crippen molar-refractivity contribution in [1.82, 2.24) is 0 Å². The topological polar surface area (TPSA) is 95.8 Å². The van der Waals surface area contributed by atoms with Crippen molar-refractivity contribution in [1.29, 1.82) is 0 Å². The van der Waals surface area contributed by atoms with E-state index in [0.717, 1.165) is 0 Å². The quantitative estimate of drug-likeness (QED) is 0.0748. The lowest BCUT2D eigenvalue weighted by Gasteiger charge is -2.56. The van der Waals surface area contributed by atoms with Crippen LogP contribution in [-0.4, -0.2) is 204 Å². The summed E-state index contributed by atoms with van der Waals surface area (Å²) < 4.78 is 748. The molecule has 0 amide bonds. The fourth-order valence-electron chi connectivity index (χ4n) is 6.40. The number of alkyl halides is 52. The molecule has 0 atom stereocenters. The molecular formula is C33H12F52O8. The van der Waals surface area contributed by atoms with Crippen LogP contribution in [0.15, 0.2) is 0 Å². The lowest BCUT2D eigenvalue weighted by molar-refractivity contribution is -0.663. The second kappa shape index (κ2) is 22.0. The van der Waals surface area contributed by atoms with E-state index in [1.54, 1.807) is 0 Å². The summed E-state index contributed by atoms with van der Waals surface area (Å²) in [5, 5.41) is 15.9. The Morgan fingerprint density at radius 2 is 0.355 bits per heavy atom. The number of aliphatic hydroxyl groups is 2. The van der Waals surface area contributed by atoms with Gasteiger partial charge in [0.15, 0.2) is 0 Å². The number of halogens is 52. The number of rotatable bonds is 28. The Morgan fingerprint density at radius 1 is 0.226 bits per heavy atom. The van der Waals surface area contributed by atoms with Crippen molar-refractivity contribution >= 4 is 0 Å². The predicted octanol–water partition coefficient (Wildman–Crippen LogP) is 15.0. The summed E-state index contributed by atoms with van der Waals surface area (Å²) in [4.78, 5) is 0. The zero-order valence-corrected chi connectivity index (χ0v) is 40.5. The molecule has 1 spiro atoms. The Hall–Kier alpha value is -3.96. The maximum atomic E-state index is 15.1. The predicted molar refractivity (Wildman–Crippen MR) is 169 cm³/mol. The van der Waals surface area contributed by atoms with Crippen molar-refractivity contribution in [2.75, 3.05) is 26.4 Å². The highest BCUT2D eigenvalue weighted by Crippen LogP contribution is 2.73. The van der Waals surface area contributed by atoms with Crippen molar-refractivity contribution in [2.45, 2.75) is 168 Å². The Bertz CT molecular complexity index is 2460. The molecule has 0 bridgehead atoms. The molecule has 2 aliphatic rings. The van der Waals surface area contributed by atoms with E-state index in [0.29, 0.717) is 0 Å². The van der Waals surface area contributed by atoms with E-state index in [-0.39, 0.29) is 0 Å². The van der Waals surface area contributed by atoms with Crippen molar-refractivity contribution in [3.8, 4) is 0 Å². The standard InChI is InChI=1S/C33H12F52O8/c34-7(35,1-86)14(46,47)18(54,55)22(62,63)26(70,71)28(74,75)24(66,67)20(58,59)16(50,51)9(38,39)3-88-11(42,43)5-90-30(78,79)13(31(80,81)91-5)32(82,83)92-6(93-33(13,84)85)12(44,45)89-4-10(40,41)17(52,53)21(60,61)25(68,69)29(76,77)27(72,73)23(64,65)19(56,57)15(48,49)8(36,37)2-87/h5-6,86-87H,1-4H2. The van der Waals surface area contributed by atoms with Crippen LogP contribution in [0.25, 0.3) is 0 Å². The van der Waals surface area contributed by atoms with Crippen LogP contribution in [0.5, 0.6) is 0 Å². The minimum atomic E-state index is -9.91. The van der Waals surface area contributed by atoms with Crippen LogP contribution < -0.4 is 0 Å². The highest BCUT2D eigenvalue weighted by molar-refractivity contribution is 5.21. The van der Waals surface area contributed by atoms with Crippen LogP contribution in [-0.2, 0) is 28.4 Å². The second-order valence-electron chi connectivity index (χ2n) is 18.0. The molecule has 0 saturated carbocycles. The summed E-state index contributed by atoms with van der Waals surface area (Å²) in [7, 11) is 0. The molecule has 2 aliphatic heterocycles. The van der Waals surface area contributed by atoms with Gasteiger partial charge in [0.2, 0.25) is 0 Å². The highest BCUT2D eigenvalue weighted by atomic mass is 19.4.